The predicted octanol–water partition coefficient (Wildman–Crippen LogP) is 3.20. The zero-order valence-corrected chi connectivity index (χ0v) is 17.7. The normalized spacial score (nSPS) is 15.1. The van der Waals surface area contributed by atoms with E-state index in [-0.39, 0.29) is 23.6 Å². The van der Waals surface area contributed by atoms with Crippen LogP contribution >= 0.6 is 0 Å². The van der Waals surface area contributed by atoms with E-state index in [0.29, 0.717) is 31.5 Å². The predicted molar refractivity (Wildman–Crippen MR) is 111 cm³/mol. The van der Waals surface area contributed by atoms with Crippen molar-refractivity contribution in [3.63, 3.8) is 0 Å². The van der Waals surface area contributed by atoms with Crippen LogP contribution < -0.4 is 19.5 Å². The molecule has 2 aromatic rings. The number of piperidine rings is 1. The van der Waals surface area contributed by atoms with Gasteiger partial charge in [0.2, 0.25) is 11.7 Å². The molecule has 0 radical (unpaired) electrons. The highest BCUT2D eigenvalue weighted by Gasteiger charge is 2.21. The Hall–Kier alpha value is -2.81. The van der Waals surface area contributed by atoms with Crippen LogP contribution in [-0.4, -0.2) is 59.4 Å². The van der Waals surface area contributed by atoms with Gasteiger partial charge in [0.25, 0.3) is 0 Å². The van der Waals surface area contributed by atoms with Crippen molar-refractivity contribution < 1.29 is 23.7 Å². The van der Waals surface area contributed by atoms with E-state index in [4.69, 9.17) is 14.2 Å². The summed E-state index contributed by atoms with van der Waals surface area (Å²) in [5.41, 5.74) is 0.958. The number of ether oxygens (including phenoxy) is 3. The first-order chi connectivity index (χ1) is 14.5. The summed E-state index contributed by atoms with van der Waals surface area (Å²) in [7, 11) is 1.49. The Morgan fingerprint density at radius 2 is 1.73 bits per heavy atom. The van der Waals surface area contributed by atoms with Gasteiger partial charge in [0.15, 0.2) is 11.5 Å². The standard InChI is InChI=1S/C21H29FN4O4/c1-4-29-16-10-14(11-17(20(16)22)30-5-2)13-26-8-6-15(7-9-26)23-18-12-19(28-3)25-21(27)24-18/h10-12,15H,4-9,13H2,1-3H3,(H2,23,24,25,27). The molecule has 8 nitrogen and oxygen atoms in total. The molecule has 1 aromatic carbocycles. The Morgan fingerprint density at radius 3 is 2.30 bits per heavy atom. The molecule has 3 rings (SSSR count). The second-order valence-electron chi connectivity index (χ2n) is 7.06. The number of rotatable bonds is 9. The molecule has 2 heterocycles. The van der Waals surface area contributed by atoms with Gasteiger partial charge < -0.3 is 24.6 Å². The third-order valence-corrected chi connectivity index (χ3v) is 4.91. The number of nitrogens with one attached hydrogen (secondary N) is 1. The minimum Gasteiger partial charge on any atom is -0.491 e. The molecular weight excluding hydrogens is 391 g/mol. The lowest BCUT2D eigenvalue weighted by atomic mass is 10.0. The van der Waals surface area contributed by atoms with Gasteiger partial charge in [0, 0.05) is 31.7 Å². The van der Waals surface area contributed by atoms with Gasteiger partial charge in [-0.1, -0.05) is 0 Å². The molecule has 1 aromatic heterocycles. The van der Waals surface area contributed by atoms with Gasteiger partial charge in [-0.25, -0.2) is 0 Å². The molecule has 1 saturated heterocycles. The van der Waals surface area contributed by atoms with Gasteiger partial charge in [-0.15, -0.1) is 0 Å². The highest BCUT2D eigenvalue weighted by Crippen LogP contribution is 2.30. The fourth-order valence-electron chi connectivity index (χ4n) is 3.53. The highest BCUT2D eigenvalue weighted by molar-refractivity contribution is 5.41. The molecule has 0 atom stereocenters. The largest absolute Gasteiger partial charge is 0.491 e. The Kier molecular flexibility index (Phi) is 7.51. The highest BCUT2D eigenvalue weighted by atomic mass is 19.1. The van der Waals surface area contributed by atoms with E-state index in [0.717, 1.165) is 31.5 Å². The molecule has 0 amide bonds. The fourth-order valence-corrected chi connectivity index (χ4v) is 3.53. The van der Waals surface area contributed by atoms with Crippen LogP contribution in [-0.2, 0) is 6.54 Å². The maximum Gasteiger partial charge on any atom is 0.319 e. The molecule has 0 aliphatic carbocycles. The molecule has 9 heteroatoms. The maximum absolute atomic E-state index is 14.4. The van der Waals surface area contributed by atoms with Gasteiger partial charge in [-0.05, 0) is 44.4 Å². The first kappa shape index (κ1) is 21.9. The number of halogens is 1. The third-order valence-electron chi connectivity index (χ3n) is 4.91. The van der Waals surface area contributed by atoms with E-state index in [1.54, 1.807) is 18.2 Å². The lowest BCUT2D eigenvalue weighted by molar-refractivity contribution is 0.210. The molecule has 0 bridgehead atoms. The van der Waals surface area contributed by atoms with Crippen LogP contribution in [0.1, 0.15) is 32.3 Å². The minimum atomic E-state index is -0.450. The maximum atomic E-state index is 14.4. The van der Waals surface area contributed by atoms with Crippen molar-refractivity contribution in [2.75, 3.05) is 38.7 Å². The van der Waals surface area contributed by atoms with E-state index in [1.165, 1.54) is 7.11 Å². The van der Waals surface area contributed by atoms with E-state index in [2.05, 4.69) is 20.2 Å². The average molecular weight is 420 g/mol. The van der Waals surface area contributed by atoms with Crippen molar-refractivity contribution >= 4 is 5.82 Å². The first-order valence-corrected chi connectivity index (χ1v) is 10.2. The Bertz CT molecular complexity index is 817. The molecular formula is C21H29FN4O4. The van der Waals surface area contributed by atoms with Crippen molar-refractivity contribution in [1.82, 2.24) is 14.9 Å². The SMILES string of the molecule is CCOc1cc(CN2CCC(Nc3cc(OC)nc(O)n3)CC2)cc(OCC)c1F. The summed E-state index contributed by atoms with van der Waals surface area (Å²) in [5.74, 6) is 0.863. The Labute approximate surface area is 176 Å². The van der Waals surface area contributed by atoms with E-state index < -0.39 is 5.82 Å². The van der Waals surface area contributed by atoms with Gasteiger partial charge in [-0.2, -0.15) is 14.4 Å². The number of nitrogens with zero attached hydrogens (tertiary/aromatic N) is 3. The molecule has 1 aliphatic heterocycles. The smallest absolute Gasteiger partial charge is 0.319 e. The second kappa shape index (κ2) is 10.3. The first-order valence-electron chi connectivity index (χ1n) is 10.2. The van der Waals surface area contributed by atoms with Crippen molar-refractivity contribution in [1.29, 1.82) is 0 Å². The van der Waals surface area contributed by atoms with Crippen LogP contribution in [0.5, 0.6) is 23.4 Å². The topological polar surface area (TPSA) is 89.0 Å². The molecule has 1 fully saturated rings. The third kappa shape index (κ3) is 5.63. The molecule has 2 N–H and O–H groups in total. The second-order valence-corrected chi connectivity index (χ2v) is 7.06. The van der Waals surface area contributed by atoms with Gasteiger partial charge >= 0.3 is 6.01 Å². The summed E-state index contributed by atoms with van der Waals surface area (Å²) in [5, 5.41) is 12.9. The van der Waals surface area contributed by atoms with Gasteiger partial charge in [-0.3, -0.25) is 4.90 Å². The van der Waals surface area contributed by atoms with Crippen LogP contribution in [0.3, 0.4) is 0 Å². The van der Waals surface area contributed by atoms with Crippen molar-refractivity contribution in [2.45, 2.75) is 39.3 Å². The summed E-state index contributed by atoms with van der Waals surface area (Å²) in [4.78, 5) is 10.1. The number of hydrogen-bond acceptors (Lipinski definition) is 8. The summed E-state index contributed by atoms with van der Waals surface area (Å²) in [6.45, 7) is 6.89. The summed E-state index contributed by atoms with van der Waals surface area (Å²) < 4.78 is 30.4. The number of methoxy groups -OCH3 is 1. The van der Waals surface area contributed by atoms with Crippen LogP contribution in [0.2, 0.25) is 0 Å². The quantitative estimate of drug-likeness (QED) is 0.639. The zero-order chi connectivity index (χ0) is 21.5. The number of likely N-dealkylation sites (tertiary alicyclic amines) is 1. The van der Waals surface area contributed by atoms with Crippen LogP contribution in [0, 0.1) is 5.82 Å². The number of aromatic hydroxyl groups is 1. The Morgan fingerprint density at radius 1 is 1.10 bits per heavy atom. The molecule has 30 heavy (non-hydrogen) atoms. The molecule has 164 valence electrons. The van der Waals surface area contributed by atoms with Crippen LogP contribution in [0.4, 0.5) is 10.2 Å². The number of anilines is 1. The summed E-state index contributed by atoms with van der Waals surface area (Å²) >= 11 is 0. The number of benzene rings is 1. The molecule has 0 saturated carbocycles. The van der Waals surface area contributed by atoms with Crippen molar-refractivity contribution in [3.8, 4) is 23.4 Å². The van der Waals surface area contributed by atoms with Gasteiger partial charge in [0.1, 0.15) is 5.82 Å². The van der Waals surface area contributed by atoms with Crippen molar-refractivity contribution in [3.05, 3.63) is 29.6 Å². The minimum absolute atomic E-state index is 0.228. The summed E-state index contributed by atoms with van der Waals surface area (Å²) in [6, 6.07) is 5.07. The van der Waals surface area contributed by atoms with E-state index in [1.807, 2.05) is 13.8 Å². The fraction of sp³-hybridized carbons (Fsp3) is 0.524. The average Bonchev–Trinajstić information content (AvgIpc) is 2.72. The van der Waals surface area contributed by atoms with Crippen LogP contribution in [0.25, 0.3) is 0 Å². The van der Waals surface area contributed by atoms with E-state index >= 15 is 0 Å². The zero-order valence-electron chi connectivity index (χ0n) is 17.7. The number of hydrogen-bond donors (Lipinski definition) is 2. The van der Waals surface area contributed by atoms with E-state index in [9.17, 15) is 9.50 Å². The molecule has 0 unspecified atom stereocenters. The molecule has 1 aliphatic rings. The lowest BCUT2D eigenvalue weighted by Gasteiger charge is -2.32. The monoisotopic (exact) mass is 420 g/mol. The lowest BCUT2D eigenvalue weighted by Crippen LogP contribution is -2.38. The molecule has 0 spiro atoms. The van der Waals surface area contributed by atoms with Crippen molar-refractivity contribution in [2.24, 2.45) is 0 Å². The Balaban J connectivity index is 1.60. The van der Waals surface area contributed by atoms with Crippen LogP contribution in [0.15, 0.2) is 18.2 Å². The number of aromatic nitrogens is 2. The summed E-state index contributed by atoms with van der Waals surface area (Å²) in [6.07, 6.45) is 1.82. The van der Waals surface area contributed by atoms with Gasteiger partial charge in [0.05, 0.1) is 20.3 Å².